The molecular formula is C15H11Cl2N3O. The van der Waals surface area contributed by atoms with Crippen molar-refractivity contribution in [2.75, 3.05) is 16.0 Å². The standard InChI is InChI=1S/C15H11Cl2N3O/c16-9-5-12-13(6-10(9)17)20-15(14(21)18-12)7-8-3-1-2-4-11(8)19-15/h1-6,19-20H,7H2,(H,18,21). The number of halogens is 2. The smallest absolute Gasteiger partial charge is 0.271 e. The zero-order chi connectivity index (χ0) is 14.6. The molecule has 0 saturated heterocycles. The molecule has 0 aliphatic carbocycles. The molecule has 106 valence electrons. The Morgan fingerprint density at radius 2 is 1.62 bits per heavy atom. The Morgan fingerprint density at radius 3 is 2.38 bits per heavy atom. The van der Waals surface area contributed by atoms with Gasteiger partial charge in [-0.3, -0.25) is 4.79 Å². The van der Waals surface area contributed by atoms with Crippen LogP contribution in [0, 0.1) is 0 Å². The fourth-order valence-electron chi connectivity index (χ4n) is 2.84. The van der Waals surface area contributed by atoms with E-state index >= 15 is 0 Å². The molecule has 6 heteroatoms. The fourth-order valence-corrected chi connectivity index (χ4v) is 3.17. The molecule has 4 nitrogen and oxygen atoms in total. The predicted molar refractivity (Wildman–Crippen MR) is 85.2 cm³/mol. The van der Waals surface area contributed by atoms with Crippen LogP contribution in [0.1, 0.15) is 5.56 Å². The van der Waals surface area contributed by atoms with E-state index in [4.69, 9.17) is 23.2 Å². The summed E-state index contributed by atoms with van der Waals surface area (Å²) in [6.07, 6.45) is 0.564. The Hall–Kier alpha value is -1.91. The van der Waals surface area contributed by atoms with Gasteiger partial charge in [0, 0.05) is 12.1 Å². The van der Waals surface area contributed by atoms with E-state index in [9.17, 15) is 4.79 Å². The molecule has 0 aromatic heterocycles. The van der Waals surface area contributed by atoms with E-state index < -0.39 is 5.66 Å². The van der Waals surface area contributed by atoms with Gasteiger partial charge < -0.3 is 16.0 Å². The topological polar surface area (TPSA) is 53.2 Å². The monoisotopic (exact) mass is 319 g/mol. The quantitative estimate of drug-likeness (QED) is 0.693. The van der Waals surface area contributed by atoms with Gasteiger partial charge in [-0.25, -0.2) is 0 Å². The van der Waals surface area contributed by atoms with Crippen LogP contribution in [0.25, 0.3) is 0 Å². The van der Waals surface area contributed by atoms with E-state index in [1.165, 1.54) is 0 Å². The van der Waals surface area contributed by atoms with Gasteiger partial charge in [-0.1, -0.05) is 41.4 Å². The second kappa shape index (κ2) is 4.29. The maximum absolute atomic E-state index is 12.5. The normalized spacial score (nSPS) is 22.1. The van der Waals surface area contributed by atoms with Gasteiger partial charge in [-0.05, 0) is 23.8 Å². The van der Waals surface area contributed by atoms with E-state index in [0.717, 1.165) is 16.9 Å². The van der Waals surface area contributed by atoms with Crippen molar-refractivity contribution in [2.45, 2.75) is 12.1 Å². The number of hydrogen-bond acceptors (Lipinski definition) is 3. The molecular weight excluding hydrogens is 309 g/mol. The molecule has 0 bridgehead atoms. The third-order valence-electron chi connectivity index (χ3n) is 3.87. The van der Waals surface area contributed by atoms with Gasteiger partial charge in [0.25, 0.3) is 5.91 Å². The number of anilines is 3. The van der Waals surface area contributed by atoms with Crippen LogP contribution in [0.3, 0.4) is 0 Å². The number of rotatable bonds is 0. The summed E-state index contributed by atoms with van der Waals surface area (Å²) in [6.45, 7) is 0. The van der Waals surface area contributed by atoms with Crippen molar-refractivity contribution >= 4 is 46.2 Å². The van der Waals surface area contributed by atoms with Gasteiger partial charge in [0.05, 0.1) is 21.4 Å². The van der Waals surface area contributed by atoms with Crippen LogP contribution in [0.15, 0.2) is 36.4 Å². The van der Waals surface area contributed by atoms with Crippen LogP contribution in [0.5, 0.6) is 0 Å². The summed E-state index contributed by atoms with van der Waals surface area (Å²) in [4.78, 5) is 12.5. The average molecular weight is 320 g/mol. The Kier molecular flexibility index (Phi) is 2.62. The molecule has 0 fully saturated rings. The number of fused-ring (bicyclic) bond motifs is 2. The van der Waals surface area contributed by atoms with Crippen LogP contribution in [0.2, 0.25) is 10.0 Å². The molecule has 2 aromatic carbocycles. The molecule has 2 heterocycles. The molecule has 1 amide bonds. The second-order valence-corrected chi connectivity index (χ2v) is 6.07. The summed E-state index contributed by atoms with van der Waals surface area (Å²) in [5.74, 6) is -0.135. The number of amides is 1. The zero-order valence-electron chi connectivity index (χ0n) is 10.8. The van der Waals surface area contributed by atoms with Gasteiger partial charge >= 0.3 is 0 Å². The summed E-state index contributed by atoms with van der Waals surface area (Å²) in [7, 11) is 0. The number of benzene rings is 2. The lowest BCUT2D eigenvalue weighted by Gasteiger charge is -2.36. The largest absolute Gasteiger partial charge is 0.355 e. The lowest BCUT2D eigenvalue weighted by Crippen LogP contribution is -2.57. The van der Waals surface area contributed by atoms with E-state index in [1.807, 2.05) is 24.3 Å². The van der Waals surface area contributed by atoms with Gasteiger partial charge in [-0.2, -0.15) is 0 Å². The third-order valence-corrected chi connectivity index (χ3v) is 4.59. The Morgan fingerprint density at radius 1 is 0.952 bits per heavy atom. The van der Waals surface area contributed by atoms with E-state index in [-0.39, 0.29) is 5.91 Å². The summed E-state index contributed by atoms with van der Waals surface area (Å²) in [5, 5.41) is 10.3. The van der Waals surface area contributed by atoms with Crippen LogP contribution < -0.4 is 16.0 Å². The van der Waals surface area contributed by atoms with Crippen molar-refractivity contribution in [3.63, 3.8) is 0 Å². The van der Waals surface area contributed by atoms with Crippen LogP contribution >= 0.6 is 23.2 Å². The molecule has 2 aliphatic rings. The summed E-state index contributed by atoms with van der Waals surface area (Å²) in [6, 6.07) is 11.3. The van der Waals surface area contributed by atoms with Crippen molar-refractivity contribution in [3.8, 4) is 0 Å². The Balaban J connectivity index is 1.77. The SMILES string of the molecule is O=C1Nc2cc(Cl)c(Cl)cc2NC12Cc1ccccc1N2. The summed E-state index contributed by atoms with van der Waals surface area (Å²) >= 11 is 12.1. The molecule has 0 radical (unpaired) electrons. The summed E-state index contributed by atoms with van der Waals surface area (Å²) < 4.78 is 0. The highest BCUT2D eigenvalue weighted by molar-refractivity contribution is 6.42. The molecule has 21 heavy (non-hydrogen) atoms. The molecule has 2 aliphatic heterocycles. The first-order chi connectivity index (χ1) is 10.1. The minimum absolute atomic E-state index is 0.135. The van der Waals surface area contributed by atoms with E-state index in [0.29, 0.717) is 22.2 Å². The molecule has 3 N–H and O–H groups in total. The van der Waals surface area contributed by atoms with E-state index in [1.54, 1.807) is 12.1 Å². The maximum atomic E-state index is 12.5. The molecule has 1 atom stereocenters. The molecule has 0 saturated carbocycles. The molecule has 4 rings (SSSR count). The minimum atomic E-state index is -0.881. The first kappa shape index (κ1) is 12.8. The number of carbonyl (C=O) groups is 1. The van der Waals surface area contributed by atoms with Crippen molar-refractivity contribution in [3.05, 3.63) is 52.0 Å². The van der Waals surface area contributed by atoms with Gasteiger partial charge in [0.1, 0.15) is 0 Å². The van der Waals surface area contributed by atoms with Crippen molar-refractivity contribution < 1.29 is 4.79 Å². The Labute approximate surface area is 131 Å². The molecule has 1 spiro atoms. The zero-order valence-corrected chi connectivity index (χ0v) is 12.3. The number of para-hydroxylation sites is 1. The van der Waals surface area contributed by atoms with Gasteiger partial charge in [0.2, 0.25) is 0 Å². The fraction of sp³-hybridized carbons (Fsp3) is 0.133. The van der Waals surface area contributed by atoms with Crippen molar-refractivity contribution in [1.29, 1.82) is 0 Å². The third kappa shape index (κ3) is 1.87. The minimum Gasteiger partial charge on any atom is -0.355 e. The highest BCUT2D eigenvalue weighted by atomic mass is 35.5. The number of hydrogen-bond donors (Lipinski definition) is 3. The molecule has 2 aromatic rings. The van der Waals surface area contributed by atoms with Crippen LogP contribution in [-0.2, 0) is 11.2 Å². The van der Waals surface area contributed by atoms with Gasteiger partial charge in [-0.15, -0.1) is 0 Å². The average Bonchev–Trinajstić information content (AvgIpc) is 2.82. The number of nitrogens with one attached hydrogen (secondary N) is 3. The maximum Gasteiger partial charge on any atom is 0.271 e. The highest BCUT2D eigenvalue weighted by Crippen LogP contribution is 2.41. The predicted octanol–water partition coefficient (Wildman–Crippen LogP) is 3.72. The van der Waals surface area contributed by atoms with Crippen molar-refractivity contribution in [2.24, 2.45) is 0 Å². The van der Waals surface area contributed by atoms with Crippen molar-refractivity contribution in [1.82, 2.24) is 0 Å². The van der Waals surface area contributed by atoms with E-state index in [2.05, 4.69) is 16.0 Å². The van der Waals surface area contributed by atoms with Crippen LogP contribution in [-0.4, -0.2) is 11.6 Å². The Bertz CT molecular complexity index is 751. The lowest BCUT2D eigenvalue weighted by molar-refractivity contribution is -0.119. The second-order valence-electron chi connectivity index (χ2n) is 5.26. The molecule has 1 unspecified atom stereocenters. The first-order valence-corrected chi connectivity index (χ1v) is 7.28. The number of carbonyl (C=O) groups excluding carboxylic acids is 1. The van der Waals surface area contributed by atoms with Gasteiger partial charge in [0.15, 0.2) is 5.66 Å². The lowest BCUT2D eigenvalue weighted by atomic mass is 10.00. The van der Waals surface area contributed by atoms with Crippen LogP contribution in [0.4, 0.5) is 17.1 Å². The summed E-state index contributed by atoms with van der Waals surface area (Å²) in [5.41, 5.74) is 2.57. The first-order valence-electron chi connectivity index (χ1n) is 6.52. The highest BCUT2D eigenvalue weighted by Gasteiger charge is 2.46.